The molecule has 1 aromatic heterocycles. The Bertz CT molecular complexity index is 927. The van der Waals surface area contributed by atoms with Crippen molar-refractivity contribution in [3.05, 3.63) is 30.3 Å². The Hall–Kier alpha value is -2.98. The van der Waals surface area contributed by atoms with E-state index in [1.165, 1.54) is 11.8 Å². The van der Waals surface area contributed by atoms with E-state index < -0.39 is 0 Å². The first-order valence-electron chi connectivity index (χ1n) is 9.97. The van der Waals surface area contributed by atoms with Gasteiger partial charge in [0.1, 0.15) is 11.7 Å². The SMILES string of the molecule is CCC(=O)Nc1ccc(Sc2nc(N=C(N)CC(C)=N)cc(NCCN(C)C)n2)cc1. The monoisotopic (exact) mass is 442 g/mol. The van der Waals surface area contributed by atoms with Gasteiger partial charge in [0.25, 0.3) is 0 Å². The van der Waals surface area contributed by atoms with Crippen LogP contribution in [0.25, 0.3) is 0 Å². The molecule has 1 aromatic carbocycles. The maximum Gasteiger partial charge on any atom is 0.224 e. The van der Waals surface area contributed by atoms with E-state index in [9.17, 15) is 4.79 Å². The summed E-state index contributed by atoms with van der Waals surface area (Å²) in [6, 6.07) is 9.25. The molecular formula is C21H30N8OS. The Morgan fingerprint density at radius 2 is 1.97 bits per heavy atom. The van der Waals surface area contributed by atoms with Crippen LogP contribution in [0.1, 0.15) is 26.7 Å². The van der Waals surface area contributed by atoms with Gasteiger partial charge in [0.05, 0.1) is 0 Å². The lowest BCUT2D eigenvalue weighted by atomic mass is 10.3. The largest absolute Gasteiger partial charge is 0.387 e. The number of carbonyl (C=O) groups is 1. The predicted octanol–water partition coefficient (Wildman–Crippen LogP) is 3.37. The summed E-state index contributed by atoms with van der Waals surface area (Å²) in [6.45, 7) is 5.07. The van der Waals surface area contributed by atoms with E-state index in [0.29, 0.717) is 41.2 Å². The van der Waals surface area contributed by atoms with Gasteiger partial charge in [-0.2, -0.15) is 0 Å². The highest BCUT2D eigenvalue weighted by Gasteiger charge is 2.08. The summed E-state index contributed by atoms with van der Waals surface area (Å²) >= 11 is 1.39. The lowest BCUT2D eigenvalue weighted by molar-refractivity contribution is -0.115. The Kier molecular flexibility index (Phi) is 9.41. The maximum atomic E-state index is 11.5. The van der Waals surface area contributed by atoms with E-state index in [0.717, 1.165) is 23.7 Å². The number of nitrogens with one attached hydrogen (secondary N) is 3. The normalized spacial score (nSPS) is 11.5. The minimum Gasteiger partial charge on any atom is -0.387 e. The number of carbonyl (C=O) groups excluding carboxylic acids is 1. The predicted molar refractivity (Wildman–Crippen MR) is 128 cm³/mol. The number of nitrogens with zero attached hydrogens (tertiary/aromatic N) is 4. The number of aliphatic imine (C=N–C) groups is 1. The van der Waals surface area contributed by atoms with E-state index in [2.05, 4.69) is 30.5 Å². The Balaban J connectivity index is 2.22. The molecule has 1 heterocycles. The molecule has 0 saturated carbocycles. The highest BCUT2D eigenvalue weighted by molar-refractivity contribution is 7.99. The molecule has 0 bridgehead atoms. The summed E-state index contributed by atoms with van der Waals surface area (Å²) in [4.78, 5) is 28.0. The van der Waals surface area contributed by atoms with E-state index in [1.54, 1.807) is 13.0 Å². The van der Waals surface area contributed by atoms with Gasteiger partial charge in [-0.3, -0.25) is 4.79 Å². The van der Waals surface area contributed by atoms with Crippen LogP contribution in [0, 0.1) is 5.41 Å². The van der Waals surface area contributed by atoms with Crippen molar-refractivity contribution in [3.63, 3.8) is 0 Å². The van der Waals surface area contributed by atoms with Crippen molar-refractivity contribution in [1.82, 2.24) is 14.9 Å². The Labute approximate surface area is 187 Å². The quantitative estimate of drug-likeness (QED) is 0.238. The zero-order valence-electron chi connectivity index (χ0n) is 18.4. The van der Waals surface area contributed by atoms with Crippen molar-refractivity contribution in [2.45, 2.75) is 36.7 Å². The molecule has 0 unspecified atom stereocenters. The van der Waals surface area contributed by atoms with Gasteiger partial charge in [0, 0.05) is 48.3 Å². The number of nitrogens with two attached hydrogens (primary N) is 1. The number of rotatable bonds is 11. The molecule has 0 aliphatic rings. The topological polar surface area (TPSA) is 132 Å². The van der Waals surface area contributed by atoms with Gasteiger partial charge < -0.3 is 26.7 Å². The van der Waals surface area contributed by atoms with Crippen molar-refractivity contribution in [2.24, 2.45) is 10.7 Å². The van der Waals surface area contributed by atoms with Crippen LogP contribution >= 0.6 is 11.8 Å². The van der Waals surface area contributed by atoms with E-state index in [1.807, 2.05) is 45.3 Å². The number of amidine groups is 1. The van der Waals surface area contributed by atoms with Crippen molar-refractivity contribution in [2.75, 3.05) is 37.8 Å². The number of anilines is 2. The molecule has 0 atom stereocenters. The number of hydrogen-bond acceptors (Lipinski definition) is 8. The molecule has 2 rings (SSSR count). The van der Waals surface area contributed by atoms with Gasteiger partial charge in [-0.1, -0.05) is 6.92 Å². The molecule has 0 spiro atoms. The number of benzene rings is 1. The molecule has 10 heteroatoms. The zero-order valence-corrected chi connectivity index (χ0v) is 19.2. The highest BCUT2D eigenvalue weighted by Crippen LogP contribution is 2.29. The summed E-state index contributed by atoms with van der Waals surface area (Å²) in [7, 11) is 4.01. The third-order valence-corrected chi connectivity index (χ3v) is 4.80. The van der Waals surface area contributed by atoms with Gasteiger partial charge in [-0.05, 0) is 57.0 Å². The summed E-state index contributed by atoms with van der Waals surface area (Å²) in [5.74, 6) is 1.40. The fourth-order valence-electron chi connectivity index (χ4n) is 2.43. The molecule has 5 N–H and O–H groups in total. The minimum absolute atomic E-state index is 0.0273. The van der Waals surface area contributed by atoms with Crippen molar-refractivity contribution < 1.29 is 4.79 Å². The molecule has 9 nitrogen and oxygen atoms in total. The molecule has 0 aliphatic carbocycles. The zero-order chi connectivity index (χ0) is 22.8. The van der Waals surface area contributed by atoms with Gasteiger partial charge in [0.2, 0.25) is 5.91 Å². The van der Waals surface area contributed by atoms with Crippen LogP contribution in [0.3, 0.4) is 0 Å². The van der Waals surface area contributed by atoms with Gasteiger partial charge in [-0.25, -0.2) is 15.0 Å². The molecular weight excluding hydrogens is 412 g/mol. The van der Waals surface area contributed by atoms with E-state index in [4.69, 9.17) is 11.1 Å². The van der Waals surface area contributed by atoms with Crippen LogP contribution in [-0.2, 0) is 4.79 Å². The van der Waals surface area contributed by atoms with Gasteiger partial charge in [0.15, 0.2) is 11.0 Å². The van der Waals surface area contributed by atoms with Crippen LogP contribution in [-0.4, -0.2) is 59.5 Å². The van der Waals surface area contributed by atoms with Gasteiger partial charge in [-0.15, -0.1) is 0 Å². The van der Waals surface area contributed by atoms with Crippen molar-refractivity contribution >= 4 is 46.5 Å². The molecule has 31 heavy (non-hydrogen) atoms. The molecule has 0 fully saturated rings. The van der Waals surface area contributed by atoms with E-state index in [-0.39, 0.29) is 5.91 Å². The molecule has 1 amide bonds. The fourth-order valence-corrected chi connectivity index (χ4v) is 3.20. The molecule has 166 valence electrons. The highest BCUT2D eigenvalue weighted by atomic mass is 32.2. The van der Waals surface area contributed by atoms with Crippen LogP contribution in [0.5, 0.6) is 0 Å². The summed E-state index contributed by atoms with van der Waals surface area (Å²) < 4.78 is 0. The average Bonchev–Trinajstić information content (AvgIpc) is 2.68. The van der Waals surface area contributed by atoms with Crippen molar-refractivity contribution in [1.29, 1.82) is 5.41 Å². The smallest absolute Gasteiger partial charge is 0.224 e. The summed E-state index contributed by atoms with van der Waals surface area (Å²) in [5.41, 5.74) is 7.13. The minimum atomic E-state index is -0.0273. The lowest BCUT2D eigenvalue weighted by Crippen LogP contribution is -2.21. The number of amides is 1. The Morgan fingerprint density at radius 3 is 2.58 bits per heavy atom. The second kappa shape index (κ2) is 12.0. The first kappa shape index (κ1) is 24.3. The summed E-state index contributed by atoms with van der Waals surface area (Å²) in [6.07, 6.45) is 0.725. The average molecular weight is 443 g/mol. The molecule has 2 aromatic rings. The standard InChI is InChI=1S/C21H30N8OS/c1-5-20(30)25-15-6-8-16(9-7-15)31-21-27-18(24-10-11-29(3)4)13-19(28-21)26-17(23)12-14(2)22/h6-9,13,22H,5,10-12H2,1-4H3,(H,25,30)(H3,23,24,26,27,28). The second-order valence-corrected chi connectivity index (χ2v) is 8.25. The third-order valence-electron chi connectivity index (χ3n) is 3.93. The lowest BCUT2D eigenvalue weighted by Gasteiger charge is -2.12. The molecule has 0 saturated heterocycles. The van der Waals surface area contributed by atoms with Gasteiger partial charge >= 0.3 is 0 Å². The van der Waals surface area contributed by atoms with Crippen LogP contribution < -0.4 is 16.4 Å². The molecule has 0 aliphatic heterocycles. The number of likely N-dealkylation sites (N-methyl/N-ethyl adjacent to an activating group) is 1. The van der Waals surface area contributed by atoms with Crippen LogP contribution in [0.2, 0.25) is 0 Å². The van der Waals surface area contributed by atoms with Crippen LogP contribution in [0.15, 0.2) is 45.4 Å². The number of hydrogen-bond donors (Lipinski definition) is 4. The van der Waals surface area contributed by atoms with Crippen LogP contribution in [0.4, 0.5) is 17.3 Å². The van der Waals surface area contributed by atoms with Crippen molar-refractivity contribution in [3.8, 4) is 0 Å². The molecule has 0 radical (unpaired) electrons. The summed E-state index contributed by atoms with van der Waals surface area (Å²) in [5, 5.41) is 14.2. The fraction of sp³-hybridized carbons (Fsp3) is 0.381. The first-order chi connectivity index (χ1) is 14.7. The third kappa shape index (κ3) is 9.14. The number of aromatic nitrogens is 2. The van der Waals surface area contributed by atoms with E-state index >= 15 is 0 Å². The second-order valence-electron chi connectivity index (χ2n) is 7.21. The Morgan fingerprint density at radius 1 is 1.26 bits per heavy atom. The first-order valence-corrected chi connectivity index (χ1v) is 10.8. The maximum absolute atomic E-state index is 11.5.